The van der Waals surface area contributed by atoms with Crippen molar-refractivity contribution in [2.24, 2.45) is 0 Å². The second-order valence-electron chi connectivity index (χ2n) is 4.93. The minimum atomic E-state index is 0.786. The average molecular weight is 282 g/mol. The normalized spacial score (nSPS) is 11.1. The van der Waals surface area contributed by atoms with Crippen LogP contribution in [0.3, 0.4) is 0 Å². The van der Waals surface area contributed by atoms with Gasteiger partial charge in [-0.05, 0) is 23.3 Å². The maximum Gasteiger partial charge on any atom is 0.109 e. The second-order valence-corrected chi connectivity index (χ2v) is 5.25. The number of aryl methyl sites for hydroxylation is 1. The molecule has 0 amide bonds. The molecule has 1 aromatic heterocycles. The zero-order chi connectivity index (χ0) is 13.9. The summed E-state index contributed by atoms with van der Waals surface area (Å²) in [7, 11) is 0. The molecule has 0 aliphatic carbocycles. The summed E-state index contributed by atoms with van der Waals surface area (Å²) in [6.07, 6.45) is 0.948. The fourth-order valence-corrected chi connectivity index (χ4v) is 2.72. The van der Waals surface area contributed by atoms with Gasteiger partial charge in [0.1, 0.15) is 5.82 Å². The third-order valence-corrected chi connectivity index (χ3v) is 3.96. The predicted octanol–water partition coefficient (Wildman–Crippen LogP) is 4.08. The molecule has 1 heterocycles. The van der Waals surface area contributed by atoms with E-state index in [4.69, 9.17) is 4.98 Å². The van der Waals surface area contributed by atoms with Crippen LogP contribution in [0, 0.1) is 0 Å². The zero-order valence-electron chi connectivity index (χ0n) is 11.6. The molecule has 0 radical (unpaired) electrons. The van der Waals surface area contributed by atoms with E-state index in [1.165, 1.54) is 16.6 Å². The highest BCUT2D eigenvalue weighted by molar-refractivity contribution is 7.79. The molecule has 102 valence electrons. The van der Waals surface area contributed by atoms with Crippen LogP contribution in [0.5, 0.6) is 0 Å². The van der Waals surface area contributed by atoms with E-state index < -0.39 is 0 Å². The lowest BCUT2D eigenvalue weighted by Crippen LogP contribution is -2.04. The van der Waals surface area contributed by atoms with E-state index in [-0.39, 0.29) is 0 Å². The smallest absolute Gasteiger partial charge is 0.109 e. The number of rotatable bonds is 4. The Labute approximate surface area is 124 Å². The van der Waals surface area contributed by atoms with Crippen molar-refractivity contribution >= 4 is 23.7 Å². The third-order valence-electron chi connectivity index (χ3n) is 3.60. The summed E-state index contributed by atoms with van der Waals surface area (Å²) in [5, 5.41) is 0. The second kappa shape index (κ2) is 5.71. The van der Waals surface area contributed by atoms with Gasteiger partial charge >= 0.3 is 0 Å². The molecule has 0 aliphatic rings. The molecule has 3 rings (SSSR count). The Bertz CT molecular complexity index is 713. The number of hydrogen-bond donors (Lipinski definition) is 1. The van der Waals surface area contributed by atoms with E-state index >= 15 is 0 Å². The van der Waals surface area contributed by atoms with E-state index in [9.17, 15) is 0 Å². The molecular formula is C17H18N2S. The maximum atomic E-state index is 4.71. The van der Waals surface area contributed by atoms with Crippen LogP contribution in [0.2, 0.25) is 0 Å². The minimum absolute atomic E-state index is 0.786. The quantitative estimate of drug-likeness (QED) is 0.714. The molecule has 20 heavy (non-hydrogen) atoms. The fourth-order valence-electron chi connectivity index (χ4n) is 2.50. The number of fused-ring (bicyclic) bond motifs is 1. The van der Waals surface area contributed by atoms with Gasteiger partial charge in [-0.2, -0.15) is 12.6 Å². The number of nitrogens with zero attached hydrogens (tertiary/aromatic N) is 2. The van der Waals surface area contributed by atoms with Crippen molar-refractivity contribution in [3.05, 3.63) is 65.5 Å². The Morgan fingerprint density at radius 3 is 2.40 bits per heavy atom. The Morgan fingerprint density at radius 1 is 1.00 bits per heavy atom. The van der Waals surface area contributed by atoms with Gasteiger partial charge in [0.05, 0.1) is 11.0 Å². The van der Waals surface area contributed by atoms with Crippen LogP contribution >= 0.6 is 12.6 Å². The molecule has 0 aliphatic heterocycles. The summed E-state index contributed by atoms with van der Waals surface area (Å²) in [5.74, 6) is 1.93. The number of aromatic nitrogens is 2. The van der Waals surface area contributed by atoms with Gasteiger partial charge in [0, 0.05) is 18.7 Å². The highest BCUT2D eigenvalue weighted by Crippen LogP contribution is 2.18. The van der Waals surface area contributed by atoms with Crippen molar-refractivity contribution < 1.29 is 0 Å². The van der Waals surface area contributed by atoms with Gasteiger partial charge in [0.15, 0.2) is 0 Å². The van der Waals surface area contributed by atoms with Gasteiger partial charge in [0.25, 0.3) is 0 Å². The molecule has 0 N–H and O–H groups in total. The lowest BCUT2D eigenvalue weighted by Gasteiger charge is -2.09. The van der Waals surface area contributed by atoms with Gasteiger partial charge in [-0.3, -0.25) is 0 Å². The van der Waals surface area contributed by atoms with Crippen molar-refractivity contribution in [1.82, 2.24) is 9.55 Å². The molecule has 3 heteroatoms. The number of benzene rings is 2. The number of hydrogen-bond acceptors (Lipinski definition) is 2. The van der Waals surface area contributed by atoms with Gasteiger partial charge < -0.3 is 4.57 Å². The molecule has 2 nitrogen and oxygen atoms in total. The van der Waals surface area contributed by atoms with Crippen LogP contribution in [0.4, 0.5) is 0 Å². The molecule has 0 bridgehead atoms. The monoisotopic (exact) mass is 282 g/mol. The van der Waals surface area contributed by atoms with Crippen molar-refractivity contribution in [3.8, 4) is 0 Å². The van der Waals surface area contributed by atoms with Crippen LogP contribution in [0.15, 0.2) is 48.5 Å². The SMILES string of the molecule is CCc1nc2ccccc2n1Cc1ccc(CS)cc1. The summed E-state index contributed by atoms with van der Waals surface area (Å²) < 4.78 is 2.31. The predicted molar refractivity (Wildman–Crippen MR) is 87.3 cm³/mol. The first-order chi connectivity index (χ1) is 9.81. The average Bonchev–Trinajstić information content (AvgIpc) is 2.86. The first kappa shape index (κ1) is 13.3. The standard InChI is InChI=1S/C17H18N2S/c1-2-17-18-15-5-3-4-6-16(15)19(17)11-13-7-9-14(12-20)10-8-13/h3-10,20H,2,11-12H2,1H3. The molecule has 0 fully saturated rings. The topological polar surface area (TPSA) is 17.8 Å². The Morgan fingerprint density at radius 2 is 1.70 bits per heavy atom. The van der Waals surface area contributed by atoms with Crippen molar-refractivity contribution in [2.45, 2.75) is 25.6 Å². The first-order valence-electron chi connectivity index (χ1n) is 6.94. The highest BCUT2D eigenvalue weighted by Gasteiger charge is 2.08. The molecule has 3 aromatic rings. The molecule has 2 aromatic carbocycles. The molecule has 0 saturated heterocycles. The van der Waals surface area contributed by atoms with Crippen molar-refractivity contribution in [2.75, 3.05) is 0 Å². The Hall–Kier alpha value is -1.74. The lowest BCUT2D eigenvalue weighted by atomic mass is 10.1. The molecule has 0 unspecified atom stereocenters. The number of thiol groups is 1. The van der Waals surface area contributed by atoms with E-state index in [0.29, 0.717) is 0 Å². The fraction of sp³-hybridized carbons (Fsp3) is 0.235. The summed E-state index contributed by atoms with van der Waals surface area (Å²) in [6.45, 7) is 3.03. The molecular weight excluding hydrogens is 264 g/mol. The molecule has 0 saturated carbocycles. The van der Waals surface area contributed by atoms with Crippen molar-refractivity contribution in [3.63, 3.8) is 0 Å². The summed E-state index contributed by atoms with van der Waals surface area (Å²) in [4.78, 5) is 4.71. The third kappa shape index (κ3) is 2.46. The zero-order valence-corrected chi connectivity index (χ0v) is 12.5. The first-order valence-corrected chi connectivity index (χ1v) is 7.58. The molecule has 0 atom stereocenters. The van der Waals surface area contributed by atoms with Crippen LogP contribution in [-0.4, -0.2) is 9.55 Å². The minimum Gasteiger partial charge on any atom is -0.323 e. The lowest BCUT2D eigenvalue weighted by molar-refractivity contribution is 0.753. The van der Waals surface area contributed by atoms with E-state index in [0.717, 1.165) is 30.1 Å². The van der Waals surface area contributed by atoms with Gasteiger partial charge in [0.2, 0.25) is 0 Å². The Kier molecular flexibility index (Phi) is 3.79. The van der Waals surface area contributed by atoms with E-state index in [1.807, 2.05) is 6.07 Å². The van der Waals surface area contributed by atoms with E-state index in [2.05, 4.69) is 66.6 Å². The maximum absolute atomic E-state index is 4.71. The van der Waals surface area contributed by atoms with Gasteiger partial charge in [-0.15, -0.1) is 0 Å². The largest absolute Gasteiger partial charge is 0.323 e. The molecule has 0 spiro atoms. The number of para-hydroxylation sites is 2. The highest BCUT2D eigenvalue weighted by atomic mass is 32.1. The Balaban J connectivity index is 2.00. The van der Waals surface area contributed by atoms with E-state index in [1.54, 1.807) is 0 Å². The van der Waals surface area contributed by atoms with Crippen LogP contribution in [0.25, 0.3) is 11.0 Å². The van der Waals surface area contributed by atoms with Crippen LogP contribution < -0.4 is 0 Å². The van der Waals surface area contributed by atoms with Gasteiger partial charge in [-0.1, -0.05) is 43.3 Å². The summed E-state index contributed by atoms with van der Waals surface area (Å²) in [5.41, 5.74) is 4.84. The summed E-state index contributed by atoms with van der Waals surface area (Å²) in [6, 6.07) is 17.0. The number of imidazole rings is 1. The van der Waals surface area contributed by atoms with Crippen LogP contribution in [-0.2, 0) is 18.7 Å². The van der Waals surface area contributed by atoms with Crippen LogP contribution in [0.1, 0.15) is 23.9 Å². The summed E-state index contributed by atoms with van der Waals surface area (Å²) >= 11 is 4.30. The van der Waals surface area contributed by atoms with Gasteiger partial charge in [-0.25, -0.2) is 4.98 Å². The van der Waals surface area contributed by atoms with Crippen molar-refractivity contribution in [1.29, 1.82) is 0 Å².